The highest BCUT2D eigenvalue weighted by molar-refractivity contribution is 6.24. The van der Waals surface area contributed by atoms with Gasteiger partial charge in [-0.1, -0.05) is 43.7 Å². The van der Waals surface area contributed by atoms with E-state index < -0.39 is 23.9 Å². The molecule has 0 spiro atoms. The van der Waals surface area contributed by atoms with Gasteiger partial charge in [-0.25, -0.2) is 0 Å². The Hall–Kier alpha value is -3.93. The zero-order valence-electron chi connectivity index (χ0n) is 20.2. The molecule has 0 saturated carbocycles. The number of hydrogen-bond acceptors (Lipinski definition) is 4. The Kier molecular flexibility index (Phi) is 5.89. The summed E-state index contributed by atoms with van der Waals surface area (Å²) < 4.78 is 5.80. The van der Waals surface area contributed by atoms with E-state index in [1.54, 1.807) is 29.2 Å². The third-order valence-electron chi connectivity index (χ3n) is 6.64. The van der Waals surface area contributed by atoms with E-state index in [-0.39, 0.29) is 5.91 Å². The lowest BCUT2D eigenvalue weighted by atomic mass is 9.86. The summed E-state index contributed by atoms with van der Waals surface area (Å²) >= 11 is 0. The van der Waals surface area contributed by atoms with E-state index in [0.717, 1.165) is 45.9 Å². The van der Waals surface area contributed by atoms with Crippen molar-refractivity contribution in [3.8, 4) is 5.75 Å². The summed E-state index contributed by atoms with van der Waals surface area (Å²) in [5.74, 6) is -0.358. The van der Waals surface area contributed by atoms with Gasteiger partial charge in [-0.05, 0) is 73.4 Å². The molecule has 3 aromatic carbocycles. The summed E-state index contributed by atoms with van der Waals surface area (Å²) in [6, 6.07) is 18.9. The van der Waals surface area contributed by atoms with Crippen molar-refractivity contribution in [2.75, 3.05) is 11.5 Å². The summed E-state index contributed by atoms with van der Waals surface area (Å²) in [7, 11) is 0. The number of unbranched alkanes of at least 4 members (excludes halogenated alkanes) is 1. The van der Waals surface area contributed by atoms with Crippen molar-refractivity contribution in [1.82, 2.24) is 4.90 Å². The maximum absolute atomic E-state index is 13.6. The monoisotopic (exact) mass is 468 g/mol. The number of β-lactam (4-membered cyclic amide) rings is 1. The first-order valence-corrected chi connectivity index (χ1v) is 12.0. The van der Waals surface area contributed by atoms with Crippen LogP contribution >= 0.6 is 0 Å². The van der Waals surface area contributed by atoms with Crippen molar-refractivity contribution in [2.45, 2.75) is 45.7 Å². The fourth-order valence-corrected chi connectivity index (χ4v) is 4.99. The lowest BCUT2D eigenvalue weighted by Crippen LogP contribution is -2.67. The van der Waals surface area contributed by atoms with Crippen molar-refractivity contribution >= 4 is 23.4 Å². The molecular formula is C29H28N2O4. The van der Waals surface area contributed by atoms with Crippen LogP contribution in [-0.2, 0) is 4.79 Å². The Labute approximate surface area is 205 Å². The second-order valence-corrected chi connectivity index (χ2v) is 9.24. The molecule has 1 fully saturated rings. The Bertz CT molecular complexity index is 1260. The zero-order valence-corrected chi connectivity index (χ0v) is 20.2. The quantitative estimate of drug-likeness (QED) is 0.270. The molecule has 0 N–H and O–H groups in total. The van der Waals surface area contributed by atoms with Gasteiger partial charge >= 0.3 is 0 Å². The molecule has 35 heavy (non-hydrogen) atoms. The number of nitrogens with zero attached hydrogens (tertiary/aromatic N) is 2. The van der Waals surface area contributed by atoms with Gasteiger partial charge in [-0.2, -0.15) is 0 Å². The normalized spacial score (nSPS) is 19.1. The predicted octanol–water partition coefficient (Wildman–Crippen LogP) is 5.24. The molecule has 0 unspecified atom stereocenters. The van der Waals surface area contributed by atoms with Gasteiger partial charge in [0.05, 0.1) is 23.8 Å². The number of ether oxygens (including phenoxy) is 1. The lowest BCUT2D eigenvalue weighted by molar-refractivity contribution is -0.130. The van der Waals surface area contributed by atoms with Crippen molar-refractivity contribution in [3.63, 3.8) is 0 Å². The molecule has 2 heterocycles. The summed E-state index contributed by atoms with van der Waals surface area (Å²) in [6.45, 7) is 6.73. The largest absolute Gasteiger partial charge is 0.494 e. The summed E-state index contributed by atoms with van der Waals surface area (Å²) in [4.78, 5) is 42.9. The standard InChI is InChI=1S/C29H28N2O4/c1-4-5-14-35-22-12-10-20(11-13-22)25-26(29(34)30(25)21-16-18(2)15-19(3)17-21)31-27(32)23-8-6-7-9-24(23)28(31)33/h6-13,15-17,25-26H,4-5,14H2,1-3H3/t25-,26+/m0/s1. The lowest BCUT2D eigenvalue weighted by Gasteiger charge is -2.50. The second-order valence-electron chi connectivity index (χ2n) is 9.24. The molecule has 0 aromatic heterocycles. The van der Waals surface area contributed by atoms with Gasteiger partial charge in [0.25, 0.3) is 17.7 Å². The number of aryl methyl sites for hydroxylation is 2. The van der Waals surface area contributed by atoms with Crippen LogP contribution in [0.1, 0.15) is 63.2 Å². The van der Waals surface area contributed by atoms with E-state index in [1.807, 2.05) is 56.3 Å². The minimum absolute atomic E-state index is 0.266. The minimum Gasteiger partial charge on any atom is -0.494 e. The van der Waals surface area contributed by atoms with Gasteiger partial charge in [-0.15, -0.1) is 0 Å². The van der Waals surface area contributed by atoms with Crippen molar-refractivity contribution in [3.05, 3.63) is 94.5 Å². The topological polar surface area (TPSA) is 66.9 Å². The van der Waals surface area contributed by atoms with E-state index in [1.165, 1.54) is 0 Å². The number of fused-ring (bicyclic) bond motifs is 1. The molecule has 2 atom stereocenters. The molecule has 0 radical (unpaired) electrons. The molecule has 0 aliphatic carbocycles. The van der Waals surface area contributed by atoms with Crippen LogP contribution in [0.25, 0.3) is 0 Å². The zero-order chi connectivity index (χ0) is 24.7. The molecule has 0 bridgehead atoms. The van der Waals surface area contributed by atoms with Crippen LogP contribution in [0.4, 0.5) is 5.69 Å². The molecule has 1 saturated heterocycles. The first-order chi connectivity index (χ1) is 16.9. The molecular weight excluding hydrogens is 440 g/mol. The third kappa shape index (κ3) is 3.89. The summed E-state index contributed by atoms with van der Waals surface area (Å²) in [5.41, 5.74) is 4.36. The Morgan fingerprint density at radius 3 is 1.94 bits per heavy atom. The van der Waals surface area contributed by atoms with Gasteiger partial charge in [0.15, 0.2) is 0 Å². The van der Waals surface area contributed by atoms with E-state index in [9.17, 15) is 14.4 Å². The van der Waals surface area contributed by atoms with Crippen molar-refractivity contribution < 1.29 is 19.1 Å². The molecule has 6 nitrogen and oxygen atoms in total. The van der Waals surface area contributed by atoms with Gasteiger partial charge in [0.1, 0.15) is 11.8 Å². The van der Waals surface area contributed by atoms with Crippen LogP contribution in [0.15, 0.2) is 66.7 Å². The Balaban J connectivity index is 1.53. The van der Waals surface area contributed by atoms with Gasteiger partial charge in [0.2, 0.25) is 0 Å². The molecule has 5 rings (SSSR count). The summed E-state index contributed by atoms with van der Waals surface area (Å²) in [5, 5.41) is 0. The summed E-state index contributed by atoms with van der Waals surface area (Å²) in [6.07, 6.45) is 2.02. The number of carbonyl (C=O) groups is 3. The molecule has 2 aliphatic heterocycles. The molecule has 3 aromatic rings. The fourth-order valence-electron chi connectivity index (χ4n) is 4.99. The van der Waals surface area contributed by atoms with Crippen LogP contribution in [0.3, 0.4) is 0 Å². The minimum atomic E-state index is -0.907. The highest BCUT2D eigenvalue weighted by atomic mass is 16.5. The average Bonchev–Trinajstić information content (AvgIpc) is 3.08. The number of carbonyl (C=O) groups excluding carboxylic acids is 3. The number of amides is 3. The third-order valence-corrected chi connectivity index (χ3v) is 6.64. The van der Waals surface area contributed by atoms with E-state index >= 15 is 0 Å². The molecule has 178 valence electrons. The number of imide groups is 1. The van der Waals surface area contributed by atoms with E-state index in [4.69, 9.17) is 4.74 Å². The molecule has 6 heteroatoms. The smallest absolute Gasteiger partial charge is 0.262 e. The number of benzene rings is 3. The second kappa shape index (κ2) is 9.02. The predicted molar refractivity (Wildman–Crippen MR) is 134 cm³/mol. The number of hydrogen-bond donors (Lipinski definition) is 0. The van der Waals surface area contributed by atoms with Crippen LogP contribution in [0.5, 0.6) is 5.75 Å². The van der Waals surface area contributed by atoms with Crippen molar-refractivity contribution in [1.29, 1.82) is 0 Å². The van der Waals surface area contributed by atoms with Gasteiger partial charge in [0, 0.05) is 5.69 Å². The number of rotatable bonds is 7. The SMILES string of the molecule is CCCCOc1ccc([C@H]2[C@@H](N3C(=O)c4ccccc4C3=O)C(=O)N2c2cc(C)cc(C)c2)cc1. The maximum Gasteiger partial charge on any atom is 0.262 e. The van der Waals surface area contributed by atoms with E-state index in [2.05, 4.69) is 6.92 Å². The first-order valence-electron chi connectivity index (χ1n) is 12.0. The molecule has 2 aliphatic rings. The van der Waals surface area contributed by atoms with Crippen LogP contribution in [-0.4, -0.2) is 35.3 Å². The van der Waals surface area contributed by atoms with Crippen LogP contribution in [0.2, 0.25) is 0 Å². The first kappa shape index (κ1) is 22.8. The maximum atomic E-state index is 13.6. The van der Waals surface area contributed by atoms with Crippen LogP contribution in [0, 0.1) is 13.8 Å². The van der Waals surface area contributed by atoms with Crippen LogP contribution < -0.4 is 9.64 Å². The number of anilines is 1. The van der Waals surface area contributed by atoms with Gasteiger partial charge in [-0.3, -0.25) is 19.3 Å². The highest BCUT2D eigenvalue weighted by Crippen LogP contribution is 2.44. The van der Waals surface area contributed by atoms with Gasteiger partial charge < -0.3 is 9.64 Å². The van der Waals surface area contributed by atoms with Crippen molar-refractivity contribution in [2.24, 2.45) is 0 Å². The average molecular weight is 469 g/mol. The Morgan fingerprint density at radius 2 is 1.37 bits per heavy atom. The van der Waals surface area contributed by atoms with E-state index in [0.29, 0.717) is 17.7 Å². The fraction of sp³-hybridized carbons (Fsp3) is 0.276. The highest BCUT2D eigenvalue weighted by Gasteiger charge is 2.57. The molecule has 3 amide bonds. The Morgan fingerprint density at radius 1 is 0.771 bits per heavy atom.